The zero-order valence-corrected chi connectivity index (χ0v) is 17.8. The Kier molecular flexibility index (Phi) is 5.26. The molecule has 5 rings (SSSR count). The highest BCUT2D eigenvalue weighted by Crippen LogP contribution is 2.43. The number of amides is 1. The number of benzene rings is 3. The Balaban J connectivity index is 1.93. The molecule has 0 radical (unpaired) electrons. The number of nitrogens with one attached hydrogen (secondary N) is 3. The van der Waals surface area contributed by atoms with Crippen molar-refractivity contribution in [3.63, 3.8) is 0 Å². The number of aromatic nitrogens is 2. The first-order chi connectivity index (χ1) is 16.1. The monoisotopic (exact) mass is 437 g/mol. The van der Waals surface area contributed by atoms with Crippen LogP contribution in [0.1, 0.15) is 43.6 Å². The molecule has 0 aliphatic heterocycles. The minimum absolute atomic E-state index is 0.134. The topological polar surface area (TPSA) is 130 Å². The summed E-state index contributed by atoms with van der Waals surface area (Å²) in [4.78, 5) is 32.4. The first-order valence-corrected chi connectivity index (χ1v) is 10.6. The van der Waals surface area contributed by atoms with Gasteiger partial charge in [-0.25, -0.2) is 5.84 Å². The van der Waals surface area contributed by atoms with Gasteiger partial charge in [-0.2, -0.15) is 0 Å². The summed E-state index contributed by atoms with van der Waals surface area (Å²) in [6.07, 6.45) is 0. The van der Waals surface area contributed by atoms with Crippen molar-refractivity contribution in [1.82, 2.24) is 15.4 Å². The number of carbonyl (C=O) groups excluding carboxylic acids is 2. The van der Waals surface area contributed by atoms with Crippen LogP contribution in [0.5, 0.6) is 0 Å². The summed E-state index contributed by atoms with van der Waals surface area (Å²) in [6, 6.07) is 25.3. The predicted octanol–water partition coefficient (Wildman–Crippen LogP) is 3.57. The zero-order valence-electron chi connectivity index (χ0n) is 17.8. The Hall–Kier alpha value is -4.20. The average molecular weight is 438 g/mol. The fourth-order valence-corrected chi connectivity index (χ4v) is 4.62. The number of hydrogen-bond acceptors (Lipinski definition) is 4. The Bertz CT molecular complexity index is 1390. The quantitative estimate of drug-likeness (QED) is 0.120. The van der Waals surface area contributed by atoms with Crippen LogP contribution in [0.3, 0.4) is 0 Å². The highest BCUT2D eigenvalue weighted by atomic mass is 16.2. The van der Waals surface area contributed by atoms with E-state index in [9.17, 15) is 9.59 Å². The second-order valence-electron chi connectivity index (χ2n) is 7.86. The highest BCUT2D eigenvalue weighted by molar-refractivity contribution is 6.06. The van der Waals surface area contributed by atoms with Crippen LogP contribution < -0.4 is 17.0 Å². The third kappa shape index (κ3) is 3.40. The van der Waals surface area contributed by atoms with Crippen LogP contribution in [-0.2, 0) is 0 Å². The van der Waals surface area contributed by atoms with Gasteiger partial charge in [-0.15, -0.1) is 0 Å². The smallest absolute Gasteiger partial charge is 0.281 e. The fraction of sp³-hybridized carbons (Fsp3) is 0.0769. The fourth-order valence-electron chi connectivity index (χ4n) is 4.62. The van der Waals surface area contributed by atoms with Crippen LogP contribution in [0.25, 0.3) is 21.8 Å². The van der Waals surface area contributed by atoms with Crippen LogP contribution in [-0.4, -0.2) is 28.2 Å². The number of hydrazine groups is 1. The summed E-state index contributed by atoms with van der Waals surface area (Å²) in [5.74, 6) is 4.47. The van der Waals surface area contributed by atoms with E-state index in [2.05, 4.69) is 15.4 Å². The molecule has 2 heterocycles. The second-order valence-corrected chi connectivity index (χ2v) is 7.86. The molecule has 33 heavy (non-hydrogen) atoms. The van der Waals surface area contributed by atoms with Gasteiger partial charge < -0.3 is 15.7 Å². The molecule has 0 saturated carbocycles. The van der Waals surface area contributed by atoms with Crippen LogP contribution in [0, 0.1) is 0 Å². The molecule has 2 aromatic heterocycles. The lowest BCUT2D eigenvalue weighted by Crippen LogP contribution is -2.31. The molecule has 164 valence electrons. The van der Waals surface area contributed by atoms with Crippen LogP contribution in [0.4, 0.5) is 0 Å². The van der Waals surface area contributed by atoms with E-state index in [1.54, 1.807) is 0 Å². The van der Waals surface area contributed by atoms with E-state index in [1.807, 2.05) is 78.9 Å². The number of carbonyl (C=O) groups is 2. The van der Waals surface area contributed by atoms with Gasteiger partial charge in [0.1, 0.15) is 5.69 Å². The van der Waals surface area contributed by atoms with Crippen molar-refractivity contribution in [3.05, 3.63) is 107 Å². The van der Waals surface area contributed by atoms with Gasteiger partial charge in [0, 0.05) is 38.9 Å². The molecule has 5 aromatic rings. The number of Topliss-reactive ketones (excluding diaryl/α,β-unsaturated/α-hetero) is 1. The second kappa shape index (κ2) is 8.38. The molecule has 0 spiro atoms. The van der Waals surface area contributed by atoms with Gasteiger partial charge in [0.15, 0.2) is 5.78 Å². The first-order valence-electron chi connectivity index (χ1n) is 10.6. The van der Waals surface area contributed by atoms with Crippen molar-refractivity contribution < 1.29 is 9.59 Å². The molecule has 0 fully saturated rings. The molecular formula is C26H23N5O2. The summed E-state index contributed by atoms with van der Waals surface area (Å²) >= 11 is 0. The van der Waals surface area contributed by atoms with Gasteiger partial charge in [-0.1, -0.05) is 66.7 Å². The Morgan fingerprint density at radius 1 is 0.758 bits per heavy atom. The number of H-pyrrole nitrogens is 2. The van der Waals surface area contributed by atoms with E-state index in [0.717, 1.165) is 38.5 Å². The van der Waals surface area contributed by atoms with E-state index in [1.165, 1.54) is 0 Å². The van der Waals surface area contributed by atoms with Crippen molar-refractivity contribution in [2.24, 2.45) is 11.6 Å². The normalized spacial score (nSPS) is 12.2. The Labute approximate surface area is 189 Å². The Morgan fingerprint density at radius 2 is 1.27 bits per heavy atom. The first kappa shape index (κ1) is 20.7. The zero-order chi connectivity index (χ0) is 22.9. The van der Waals surface area contributed by atoms with Crippen molar-refractivity contribution >= 4 is 33.5 Å². The van der Waals surface area contributed by atoms with Gasteiger partial charge in [0.25, 0.3) is 5.91 Å². The molecule has 3 aromatic carbocycles. The molecule has 1 unspecified atom stereocenters. The number of fused-ring (bicyclic) bond motifs is 2. The standard InChI is InChI=1S/C26H23N5O2/c27-14-20(32)24-22(16-10-4-6-12-18(16)29-24)21(15-8-2-1-3-9-15)23-17-11-5-7-13-19(17)30-25(23)26(33)31-28/h1-13,21,29-30H,14,27-28H2,(H,31,33). The molecule has 0 aliphatic carbocycles. The molecule has 7 heteroatoms. The molecule has 0 bridgehead atoms. The van der Waals surface area contributed by atoms with Crippen molar-refractivity contribution in [2.45, 2.75) is 5.92 Å². The van der Waals surface area contributed by atoms with E-state index in [-0.39, 0.29) is 12.3 Å². The number of nitrogen functional groups attached to an aromatic ring is 1. The van der Waals surface area contributed by atoms with E-state index >= 15 is 0 Å². The maximum absolute atomic E-state index is 13.0. The summed E-state index contributed by atoms with van der Waals surface area (Å²) in [5, 5.41) is 1.77. The van der Waals surface area contributed by atoms with Crippen molar-refractivity contribution in [1.29, 1.82) is 0 Å². The SMILES string of the molecule is NCC(=O)c1[nH]c2ccccc2c1C(c1ccccc1)c1c(C(=O)NN)[nH]c2ccccc12. The van der Waals surface area contributed by atoms with Gasteiger partial charge in [0.05, 0.1) is 12.2 Å². The van der Waals surface area contributed by atoms with Crippen LogP contribution >= 0.6 is 0 Å². The summed E-state index contributed by atoms with van der Waals surface area (Å²) in [7, 11) is 0. The van der Waals surface area contributed by atoms with Gasteiger partial charge in [0.2, 0.25) is 0 Å². The third-order valence-corrected chi connectivity index (χ3v) is 6.03. The largest absolute Gasteiger partial charge is 0.352 e. The minimum atomic E-state index is -0.436. The summed E-state index contributed by atoms with van der Waals surface area (Å²) in [6.45, 7) is -0.134. The summed E-state index contributed by atoms with van der Waals surface area (Å²) < 4.78 is 0. The molecule has 7 N–H and O–H groups in total. The maximum atomic E-state index is 13.0. The highest BCUT2D eigenvalue weighted by Gasteiger charge is 2.32. The van der Waals surface area contributed by atoms with Crippen molar-refractivity contribution in [3.8, 4) is 0 Å². The third-order valence-electron chi connectivity index (χ3n) is 6.03. The van der Waals surface area contributed by atoms with Gasteiger partial charge in [-0.3, -0.25) is 15.0 Å². The van der Waals surface area contributed by atoms with Gasteiger partial charge in [-0.05, 0) is 17.7 Å². The average Bonchev–Trinajstić information content (AvgIpc) is 3.44. The van der Waals surface area contributed by atoms with Crippen molar-refractivity contribution in [2.75, 3.05) is 6.54 Å². The molecular weight excluding hydrogens is 414 g/mol. The number of aromatic amines is 2. The molecule has 1 atom stereocenters. The van der Waals surface area contributed by atoms with Gasteiger partial charge >= 0.3 is 0 Å². The van der Waals surface area contributed by atoms with Crippen LogP contribution in [0.15, 0.2) is 78.9 Å². The lowest BCUT2D eigenvalue weighted by molar-refractivity contribution is 0.0947. The molecule has 7 nitrogen and oxygen atoms in total. The lowest BCUT2D eigenvalue weighted by atomic mass is 9.81. The lowest BCUT2D eigenvalue weighted by Gasteiger charge is -2.21. The number of rotatable bonds is 6. The van der Waals surface area contributed by atoms with E-state index in [0.29, 0.717) is 11.4 Å². The predicted molar refractivity (Wildman–Crippen MR) is 129 cm³/mol. The minimum Gasteiger partial charge on any atom is -0.352 e. The number of hydrogen-bond donors (Lipinski definition) is 5. The number of para-hydroxylation sites is 2. The Morgan fingerprint density at radius 3 is 1.85 bits per heavy atom. The van der Waals surface area contributed by atoms with Crippen LogP contribution in [0.2, 0.25) is 0 Å². The molecule has 0 aliphatic rings. The number of ketones is 1. The molecule has 0 saturated heterocycles. The maximum Gasteiger partial charge on any atom is 0.281 e. The molecule has 1 amide bonds. The van der Waals surface area contributed by atoms with E-state index < -0.39 is 11.8 Å². The van der Waals surface area contributed by atoms with E-state index in [4.69, 9.17) is 11.6 Å². The summed E-state index contributed by atoms with van der Waals surface area (Å²) in [5.41, 5.74) is 12.9. The number of nitrogens with two attached hydrogens (primary N) is 2.